The number of rotatable bonds is 7. The van der Waals surface area contributed by atoms with Crippen molar-refractivity contribution in [2.75, 3.05) is 25.2 Å². The Balaban J connectivity index is 1.38. The Labute approximate surface area is 212 Å². The van der Waals surface area contributed by atoms with Crippen LogP contribution in [0.15, 0.2) is 93.2 Å². The van der Waals surface area contributed by atoms with E-state index < -0.39 is 16.0 Å². The van der Waals surface area contributed by atoms with Crippen molar-refractivity contribution in [1.82, 2.24) is 9.55 Å². The zero-order valence-corrected chi connectivity index (χ0v) is 20.6. The Bertz CT molecular complexity index is 1700. The van der Waals surface area contributed by atoms with Crippen molar-refractivity contribution >= 4 is 38.4 Å². The molecule has 0 fully saturated rings. The van der Waals surface area contributed by atoms with Crippen LogP contribution in [0.25, 0.3) is 10.9 Å². The fraction of sp³-hybridized carbons (Fsp3) is 0.154. The third kappa shape index (κ3) is 4.68. The molecule has 0 aliphatic carbocycles. The Morgan fingerprint density at radius 2 is 1.73 bits per heavy atom. The number of nitrogens with zero attached hydrogens (tertiary/aromatic N) is 4. The van der Waals surface area contributed by atoms with Gasteiger partial charge in [-0.05, 0) is 36.4 Å². The molecule has 1 aliphatic heterocycles. The normalized spacial score (nSPS) is 13.6. The number of esters is 1. The van der Waals surface area contributed by atoms with Gasteiger partial charge >= 0.3 is 5.97 Å². The first-order chi connectivity index (χ1) is 17.9. The van der Waals surface area contributed by atoms with Crippen LogP contribution in [0, 0.1) is 0 Å². The van der Waals surface area contributed by atoms with Gasteiger partial charge in [0.25, 0.3) is 15.6 Å². The summed E-state index contributed by atoms with van der Waals surface area (Å²) in [4.78, 5) is 31.2. The summed E-state index contributed by atoms with van der Waals surface area (Å²) in [5.41, 5.74) is 1.19. The molecule has 0 spiro atoms. The van der Waals surface area contributed by atoms with Gasteiger partial charge in [-0.2, -0.15) is 8.42 Å². The highest BCUT2D eigenvalue weighted by Crippen LogP contribution is 2.34. The van der Waals surface area contributed by atoms with Gasteiger partial charge in [-0.25, -0.2) is 4.98 Å². The lowest BCUT2D eigenvalue weighted by Gasteiger charge is -2.26. The van der Waals surface area contributed by atoms with Gasteiger partial charge in [0, 0.05) is 5.56 Å². The molecule has 10 nitrogen and oxygen atoms in total. The van der Waals surface area contributed by atoms with Crippen LogP contribution in [-0.4, -0.2) is 50.0 Å². The number of carbonyl (C=O) groups excluding carboxylic acids is 1. The molecule has 0 radical (unpaired) electrons. The van der Waals surface area contributed by atoms with E-state index in [9.17, 15) is 18.0 Å². The summed E-state index contributed by atoms with van der Waals surface area (Å²) >= 11 is 0. The minimum Gasteiger partial charge on any atom is -0.495 e. The van der Waals surface area contributed by atoms with Crippen molar-refractivity contribution in [2.24, 2.45) is 4.40 Å². The number of carbonyl (C=O) groups is 1. The molecule has 0 unspecified atom stereocenters. The van der Waals surface area contributed by atoms with E-state index in [1.807, 2.05) is 0 Å². The average molecular weight is 519 g/mol. The van der Waals surface area contributed by atoms with E-state index in [0.29, 0.717) is 27.9 Å². The monoisotopic (exact) mass is 518 g/mol. The number of hydrogen-bond acceptors (Lipinski definition) is 8. The van der Waals surface area contributed by atoms with E-state index >= 15 is 0 Å². The summed E-state index contributed by atoms with van der Waals surface area (Å²) < 4.78 is 41.5. The molecule has 0 bridgehead atoms. The highest BCUT2D eigenvalue weighted by atomic mass is 32.2. The van der Waals surface area contributed by atoms with Crippen molar-refractivity contribution in [3.63, 3.8) is 0 Å². The molecule has 1 aliphatic rings. The van der Waals surface area contributed by atoms with Crippen molar-refractivity contribution in [3.8, 4) is 5.75 Å². The van der Waals surface area contributed by atoms with Crippen LogP contribution in [0.4, 0.5) is 5.69 Å². The van der Waals surface area contributed by atoms with Crippen molar-refractivity contribution in [1.29, 1.82) is 0 Å². The van der Waals surface area contributed by atoms with Crippen LogP contribution in [0.5, 0.6) is 5.75 Å². The Morgan fingerprint density at radius 3 is 2.57 bits per heavy atom. The number of sulfonamides is 1. The maximum Gasteiger partial charge on any atom is 0.326 e. The highest BCUT2D eigenvalue weighted by Gasteiger charge is 2.33. The van der Waals surface area contributed by atoms with Crippen LogP contribution >= 0.6 is 0 Å². The van der Waals surface area contributed by atoms with Crippen LogP contribution < -0.4 is 15.2 Å². The standard InChI is InChI=1S/C26H22N4O6S/c1-35-22-12-6-5-11-21(22)30(25-19-9-3-7-13-23(19)37(33,34)28-25)14-15-36-24(31)16-29-17-27-20-10-4-2-8-18(20)26(29)32/h2-13,17H,14-16H2,1H3. The molecule has 11 heteroatoms. The fourth-order valence-electron chi connectivity index (χ4n) is 4.13. The second-order valence-electron chi connectivity index (χ2n) is 8.12. The lowest BCUT2D eigenvalue weighted by atomic mass is 10.1. The Morgan fingerprint density at radius 1 is 1.00 bits per heavy atom. The molecule has 2 heterocycles. The van der Waals surface area contributed by atoms with E-state index in [4.69, 9.17) is 9.47 Å². The molecule has 5 rings (SSSR count). The summed E-state index contributed by atoms with van der Waals surface area (Å²) in [5, 5.41) is 0.402. The van der Waals surface area contributed by atoms with Gasteiger partial charge in [0.15, 0.2) is 5.84 Å². The van der Waals surface area contributed by atoms with E-state index in [1.165, 1.54) is 24.1 Å². The molecule has 188 valence electrons. The maximum atomic E-state index is 12.7. The fourth-order valence-corrected chi connectivity index (χ4v) is 5.34. The molecule has 0 saturated heterocycles. The Hall–Kier alpha value is -4.51. The van der Waals surface area contributed by atoms with Gasteiger partial charge in [0.1, 0.15) is 23.8 Å². The van der Waals surface area contributed by atoms with Gasteiger partial charge in [-0.15, -0.1) is 4.40 Å². The number of aromatic nitrogens is 2. The summed E-state index contributed by atoms with van der Waals surface area (Å²) in [6, 6.07) is 20.5. The molecule has 0 N–H and O–H groups in total. The number of anilines is 1. The third-order valence-electron chi connectivity index (χ3n) is 5.85. The van der Waals surface area contributed by atoms with Gasteiger partial charge in [-0.1, -0.05) is 36.4 Å². The zero-order chi connectivity index (χ0) is 26.0. The molecular formula is C26H22N4O6S. The van der Waals surface area contributed by atoms with Crippen LogP contribution in [0.2, 0.25) is 0 Å². The molecule has 0 saturated carbocycles. The smallest absolute Gasteiger partial charge is 0.326 e. The average Bonchev–Trinajstić information content (AvgIpc) is 3.19. The summed E-state index contributed by atoms with van der Waals surface area (Å²) in [6.07, 6.45) is 1.31. The molecule has 0 atom stereocenters. The lowest BCUT2D eigenvalue weighted by molar-refractivity contribution is -0.144. The summed E-state index contributed by atoms with van der Waals surface area (Å²) in [7, 11) is -2.37. The van der Waals surface area contributed by atoms with Crippen LogP contribution in [0.1, 0.15) is 5.56 Å². The topological polar surface area (TPSA) is 120 Å². The highest BCUT2D eigenvalue weighted by molar-refractivity contribution is 7.90. The SMILES string of the molecule is COc1ccccc1N(CCOC(=O)Cn1cnc2ccccc2c1=O)C1=NS(=O)(=O)c2ccccc21. The number of amidine groups is 1. The first-order valence-electron chi connectivity index (χ1n) is 11.3. The second kappa shape index (κ2) is 9.86. The molecule has 0 amide bonds. The first kappa shape index (κ1) is 24.2. The minimum absolute atomic E-state index is 0.0830. The summed E-state index contributed by atoms with van der Waals surface area (Å²) in [5.74, 6) is 0.0544. The maximum absolute atomic E-state index is 12.7. The number of benzene rings is 3. The van der Waals surface area contributed by atoms with Crippen molar-refractivity contribution in [2.45, 2.75) is 11.4 Å². The first-order valence-corrected chi connectivity index (χ1v) is 12.8. The molecule has 37 heavy (non-hydrogen) atoms. The zero-order valence-electron chi connectivity index (χ0n) is 19.8. The Kier molecular flexibility index (Phi) is 6.45. The molecule has 4 aromatic rings. The van der Waals surface area contributed by atoms with Gasteiger partial charge < -0.3 is 14.4 Å². The molecule has 1 aromatic heterocycles. The molecule has 3 aromatic carbocycles. The van der Waals surface area contributed by atoms with Gasteiger partial charge in [0.05, 0.1) is 36.6 Å². The molecular weight excluding hydrogens is 496 g/mol. The van der Waals surface area contributed by atoms with Crippen LogP contribution in [-0.2, 0) is 26.1 Å². The van der Waals surface area contributed by atoms with Gasteiger partial charge in [-0.3, -0.25) is 14.2 Å². The number of ether oxygens (including phenoxy) is 2. The second-order valence-corrected chi connectivity index (χ2v) is 9.70. The number of methoxy groups -OCH3 is 1. The number of hydrogen-bond donors (Lipinski definition) is 0. The number of fused-ring (bicyclic) bond motifs is 2. The van der Waals surface area contributed by atoms with Crippen molar-refractivity contribution < 1.29 is 22.7 Å². The van der Waals surface area contributed by atoms with E-state index in [0.717, 1.165) is 0 Å². The minimum atomic E-state index is -3.88. The largest absolute Gasteiger partial charge is 0.495 e. The van der Waals surface area contributed by atoms with E-state index in [1.54, 1.807) is 71.6 Å². The van der Waals surface area contributed by atoms with E-state index in [2.05, 4.69) is 9.38 Å². The third-order valence-corrected chi connectivity index (χ3v) is 7.18. The van der Waals surface area contributed by atoms with Crippen LogP contribution in [0.3, 0.4) is 0 Å². The van der Waals surface area contributed by atoms with E-state index in [-0.39, 0.29) is 36.0 Å². The lowest BCUT2D eigenvalue weighted by Crippen LogP contribution is -2.35. The quantitative estimate of drug-likeness (QED) is 0.343. The van der Waals surface area contributed by atoms with Gasteiger partial charge in [0.2, 0.25) is 0 Å². The number of para-hydroxylation sites is 3. The predicted octanol–water partition coefficient (Wildman–Crippen LogP) is 2.60. The summed E-state index contributed by atoms with van der Waals surface area (Å²) in [6.45, 7) is -0.336. The van der Waals surface area contributed by atoms with Crippen molar-refractivity contribution in [3.05, 3.63) is 95.0 Å². The predicted molar refractivity (Wildman–Crippen MR) is 137 cm³/mol.